The molecule has 0 aliphatic rings. The zero-order valence-corrected chi connectivity index (χ0v) is 8.64. The number of amides is 1. The zero-order valence-electron chi connectivity index (χ0n) is 8.64. The summed E-state index contributed by atoms with van der Waals surface area (Å²) in [6.07, 6.45) is 1.07. The highest BCUT2D eigenvalue weighted by atomic mass is 19.1. The fraction of sp³-hybridized carbons (Fsp3) is 0. The van der Waals surface area contributed by atoms with Gasteiger partial charge in [0.2, 0.25) is 0 Å². The summed E-state index contributed by atoms with van der Waals surface area (Å²) in [6, 6.07) is 7.85. The third-order valence-electron chi connectivity index (χ3n) is 2.07. The predicted molar refractivity (Wildman–Crippen MR) is 59.3 cm³/mol. The maximum atomic E-state index is 12.6. The molecule has 17 heavy (non-hydrogen) atoms. The molecule has 0 fully saturated rings. The molecule has 0 saturated heterocycles. The first-order valence-electron chi connectivity index (χ1n) is 4.81. The van der Waals surface area contributed by atoms with Gasteiger partial charge in [-0.1, -0.05) is 0 Å². The molecule has 4 nitrogen and oxygen atoms in total. The van der Waals surface area contributed by atoms with Gasteiger partial charge in [-0.15, -0.1) is 0 Å². The first-order chi connectivity index (χ1) is 8.15. The number of anilines is 1. The average molecular weight is 233 g/mol. The van der Waals surface area contributed by atoms with Crippen molar-refractivity contribution < 1.29 is 13.6 Å². The number of carbonyl (C=O) groups is 1. The third kappa shape index (κ3) is 2.78. The molecule has 1 aromatic carbocycles. The lowest BCUT2D eigenvalue weighted by Gasteiger charge is -2.03. The molecule has 1 amide bonds. The smallest absolute Gasteiger partial charge is 0.335 e. The number of hydrogen-bond acceptors (Lipinski definition) is 3. The number of benzene rings is 1. The summed E-state index contributed by atoms with van der Waals surface area (Å²) in [5, 5.41) is 2.54. The predicted octanol–water partition coefficient (Wildman–Crippen LogP) is 2.03. The lowest BCUT2D eigenvalue weighted by atomic mass is 10.2. The molecule has 0 saturated carbocycles. The van der Waals surface area contributed by atoms with Crippen LogP contribution >= 0.6 is 0 Å². The molecular weight excluding hydrogens is 225 g/mol. The molecule has 0 aliphatic heterocycles. The molecule has 1 N–H and O–H groups in total. The summed E-state index contributed by atoms with van der Waals surface area (Å²) >= 11 is 0. The van der Waals surface area contributed by atoms with Gasteiger partial charge in [-0.2, -0.15) is 0 Å². The lowest BCUT2D eigenvalue weighted by Crippen LogP contribution is -2.12. The van der Waals surface area contributed by atoms with Gasteiger partial charge in [-0.3, -0.25) is 4.79 Å². The first kappa shape index (κ1) is 11.1. The molecule has 0 radical (unpaired) electrons. The second-order valence-corrected chi connectivity index (χ2v) is 3.30. The van der Waals surface area contributed by atoms with E-state index in [4.69, 9.17) is 0 Å². The Kier molecular flexibility index (Phi) is 3.00. The summed E-state index contributed by atoms with van der Waals surface area (Å²) < 4.78 is 17.2. The van der Waals surface area contributed by atoms with E-state index < -0.39 is 11.5 Å². The fourth-order valence-electron chi connectivity index (χ4n) is 1.22. The molecule has 1 aromatic heterocycles. The molecular formula is C12H8FNO3. The molecule has 5 heteroatoms. The van der Waals surface area contributed by atoms with Crippen molar-refractivity contribution >= 4 is 11.6 Å². The Bertz CT molecular complexity index is 569. The SMILES string of the molecule is O=C(Nc1ccc(F)cc1)c1ccc(=O)oc1. The Balaban J connectivity index is 2.14. The Labute approximate surface area is 95.7 Å². The van der Waals surface area contributed by atoms with Crippen LogP contribution in [-0.4, -0.2) is 5.91 Å². The van der Waals surface area contributed by atoms with E-state index in [2.05, 4.69) is 9.73 Å². The summed E-state index contributed by atoms with van der Waals surface area (Å²) in [7, 11) is 0. The van der Waals surface area contributed by atoms with Gasteiger partial charge >= 0.3 is 5.63 Å². The highest BCUT2D eigenvalue weighted by Gasteiger charge is 2.06. The fourth-order valence-corrected chi connectivity index (χ4v) is 1.22. The second-order valence-electron chi connectivity index (χ2n) is 3.30. The molecule has 0 spiro atoms. The van der Waals surface area contributed by atoms with Crippen LogP contribution in [-0.2, 0) is 0 Å². The minimum absolute atomic E-state index is 0.217. The van der Waals surface area contributed by atoms with Gasteiger partial charge in [0, 0.05) is 11.8 Å². The second kappa shape index (κ2) is 4.61. The molecule has 2 rings (SSSR count). The number of nitrogens with one attached hydrogen (secondary N) is 1. The number of hydrogen-bond donors (Lipinski definition) is 1. The van der Waals surface area contributed by atoms with Crippen molar-refractivity contribution in [3.05, 3.63) is 64.5 Å². The van der Waals surface area contributed by atoms with E-state index in [-0.39, 0.29) is 11.4 Å². The third-order valence-corrected chi connectivity index (χ3v) is 2.07. The number of rotatable bonds is 2. The van der Waals surface area contributed by atoms with Gasteiger partial charge in [0.15, 0.2) is 0 Å². The van der Waals surface area contributed by atoms with E-state index in [1.807, 2.05) is 0 Å². The van der Waals surface area contributed by atoms with Crippen molar-refractivity contribution in [3.8, 4) is 0 Å². The highest BCUT2D eigenvalue weighted by molar-refractivity contribution is 6.03. The standard InChI is InChI=1S/C12H8FNO3/c13-9-2-4-10(5-3-9)14-12(16)8-1-6-11(15)17-7-8/h1-7H,(H,14,16). The van der Waals surface area contributed by atoms with Gasteiger partial charge in [0.05, 0.1) is 5.56 Å². The topological polar surface area (TPSA) is 59.3 Å². The van der Waals surface area contributed by atoms with Crippen LogP contribution in [0, 0.1) is 5.82 Å². The summed E-state index contributed by atoms with van der Waals surface area (Å²) in [4.78, 5) is 22.3. The lowest BCUT2D eigenvalue weighted by molar-refractivity contribution is 0.102. The van der Waals surface area contributed by atoms with E-state index in [1.54, 1.807) is 0 Å². The summed E-state index contributed by atoms with van der Waals surface area (Å²) in [6.45, 7) is 0. The molecule has 1 heterocycles. The molecule has 0 unspecified atom stereocenters. The van der Waals surface area contributed by atoms with E-state index in [1.165, 1.54) is 30.3 Å². The summed E-state index contributed by atoms with van der Waals surface area (Å²) in [5.41, 5.74) is 0.153. The normalized spacial score (nSPS) is 9.94. The van der Waals surface area contributed by atoms with Crippen LogP contribution in [0.5, 0.6) is 0 Å². The van der Waals surface area contributed by atoms with Crippen molar-refractivity contribution in [3.63, 3.8) is 0 Å². The van der Waals surface area contributed by atoms with Gasteiger partial charge in [0.1, 0.15) is 12.1 Å². The van der Waals surface area contributed by atoms with E-state index >= 15 is 0 Å². The number of halogens is 1. The molecule has 2 aromatic rings. The van der Waals surface area contributed by atoms with Crippen LogP contribution in [0.15, 0.2) is 51.9 Å². The van der Waals surface area contributed by atoms with Gasteiger partial charge in [0.25, 0.3) is 5.91 Å². The highest BCUT2D eigenvalue weighted by Crippen LogP contribution is 2.09. The largest absolute Gasteiger partial charge is 0.430 e. The monoisotopic (exact) mass is 233 g/mol. The van der Waals surface area contributed by atoms with Crippen molar-refractivity contribution in [1.29, 1.82) is 0 Å². The van der Waals surface area contributed by atoms with E-state index in [9.17, 15) is 14.0 Å². The Morgan fingerprint density at radius 3 is 2.41 bits per heavy atom. The molecule has 0 bridgehead atoms. The van der Waals surface area contributed by atoms with E-state index in [0.29, 0.717) is 5.69 Å². The van der Waals surface area contributed by atoms with Gasteiger partial charge in [-0.25, -0.2) is 9.18 Å². The number of carbonyl (C=O) groups excluding carboxylic acids is 1. The average Bonchev–Trinajstić information content (AvgIpc) is 2.33. The van der Waals surface area contributed by atoms with Crippen LogP contribution in [0.2, 0.25) is 0 Å². The summed E-state index contributed by atoms with van der Waals surface area (Å²) in [5.74, 6) is -0.811. The Morgan fingerprint density at radius 1 is 1.12 bits per heavy atom. The zero-order chi connectivity index (χ0) is 12.3. The minimum Gasteiger partial charge on any atom is -0.430 e. The van der Waals surface area contributed by atoms with Crippen LogP contribution < -0.4 is 10.9 Å². The quantitative estimate of drug-likeness (QED) is 0.863. The van der Waals surface area contributed by atoms with Crippen LogP contribution in [0.4, 0.5) is 10.1 Å². The Morgan fingerprint density at radius 2 is 1.82 bits per heavy atom. The molecule has 0 atom stereocenters. The Hall–Kier alpha value is -2.43. The molecule has 0 aliphatic carbocycles. The maximum Gasteiger partial charge on any atom is 0.335 e. The maximum absolute atomic E-state index is 12.6. The minimum atomic E-state index is -0.525. The van der Waals surface area contributed by atoms with E-state index in [0.717, 1.165) is 12.3 Å². The van der Waals surface area contributed by atoms with Crippen LogP contribution in [0.3, 0.4) is 0 Å². The van der Waals surface area contributed by atoms with Crippen molar-refractivity contribution in [2.45, 2.75) is 0 Å². The van der Waals surface area contributed by atoms with Gasteiger partial charge in [-0.05, 0) is 30.3 Å². The van der Waals surface area contributed by atoms with Crippen molar-refractivity contribution in [1.82, 2.24) is 0 Å². The van der Waals surface area contributed by atoms with Crippen molar-refractivity contribution in [2.75, 3.05) is 5.32 Å². The molecule has 86 valence electrons. The van der Waals surface area contributed by atoms with Crippen LogP contribution in [0.1, 0.15) is 10.4 Å². The van der Waals surface area contributed by atoms with Gasteiger partial charge < -0.3 is 9.73 Å². The first-order valence-corrected chi connectivity index (χ1v) is 4.81. The van der Waals surface area contributed by atoms with Crippen molar-refractivity contribution in [2.24, 2.45) is 0 Å². The van der Waals surface area contributed by atoms with Crippen LogP contribution in [0.25, 0.3) is 0 Å².